The summed E-state index contributed by atoms with van der Waals surface area (Å²) in [5, 5.41) is 9.45. The molecule has 0 saturated heterocycles. The van der Waals surface area contributed by atoms with Crippen LogP contribution in [-0.2, 0) is 14.8 Å². The first-order chi connectivity index (χ1) is 15.7. The minimum absolute atomic E-state index is 0.0175. The average Bonchev–Trinajstić information content (AvgIpc) is 2.79. The lowest BCUT2D eigenvalue weighted by Crippen LogP contribution is -2.30. The molecule has 0 heterocycles. The normalized spacial score (nSPS) is 11.6. The van der Waals surface area contributed by atoms with Crippen LogP contribution in [0.4, 0.5) is 17.1 Å². The van der Waals surface area contributed by atoms with Gasteiger partial charge in [0.2, 0.25) is 15.9 Å². The number of unbranched alkanes of at least 4 members (excludes halogenated alkanes) is 1. The standard InChI is InChI=1S/C25H38N4O3S/c1-6-9-16-26-23-15-14-20(33(31,32)29(7-2)8-3)17-24(23)27-18-25(30)28-22-13-11-10-12-21(22)19(4)5/h10-15,17,19,26-27H,6-9,16,18H2,1-5H3,(H,28,30). The van der Waals surface area contributed by atoms with E-state index in [9.17, 15) is 13.2 Å². The summed E-state index contributed by atoms with van der Waals surface area (Å²) >= 11 is 0. The van der Waals surface area contributed by atoms with Gasteiger partial charge in [0.25, 0.3) is 0 Å². The van der Waals surface area contributed by atoms with Crippen LogP contribution in [0.25, 0.3) is 0 Å². The number of nitrogens with one attached hydrogen (secondary N) is 3. The smallest absolute Gasteiger partial charge is 0.243 e. The number of carbonyl (C=O) groups is 1. The summed E-state index contributed by atoms with van der Waals surface area (Å²) in [7, 11) is -3.60. The summed E-state index contributed by atoms with van der Waals surface area (Å²) in [5.41, 5.74) is 3.22. The number of hydrogen-bond donors (Lipinski definition) is 3. The van der Waals surface area contributed by atoms with Crippen molar-refractivity contribution in [2.24, 2.45) is 0 Å². The molecule has 0 aliphatic rings. The van der Waals surface area contributed by atoms with Crippen molar-refractivity contribution in [1.29, 1.82) is 0 Å². The molecule has 2 rings (SSSR count). The lowest BCUT2D eigenvalue weighted by atomic mass is 10.0. The Balaban J connectivity index is 2.24. The van der Waals surface area contributed by atoms with Crippen molar-refractivity contribution >= 4 is 33.0 Å². The van der Waals surface area contributed by atoms with Gasteiger partial charge in [-0.2, -0.15) is 4.31 Å². The fraction of sp³-hybridized carbons (Fsp3) is 0.480. The highest BCUT2D eigenvalue weighted by atomic mass is 32.2. The SMILES string of the molecule is CCCCNc1ccc(S(=O)(=O)N(CC)CC)cc1NCC(=O)Nc1ccccc1C(C)C. The van der Waals surface area contributed by atoms with Crippen molar-refractivity contribution in [3.05, 3.63) is 48.0 Å². The van der Waals surface area contributed by atoms with Crippen molar-refractivity contribution in [2.45, 2.75) is 58.3 Å². The maximum absolute atomic E-state index is 13.0. The van der Waals surface area contributed by atoms with Crippen LogP contribution in [0.3, 0.4) is 0 Å². The van der Waals surface area contributed by atoms with Crippen LogP contribution >= 0.6 is 0 Å². The van der Waals surface area contributed by atoms with E-state index in [4.69, 9.17) is 0 Å². The summed E-state index contributed by atoms with van der Waals surface area (Å²) in [5.74, 6) is 0.0883. The number of amides is 1. The first-order valence-corrected chi connectivity index (χ1v) is 13.2. The molecule has 0 saturated carbocycles. The molecule has 0 atom stereocenters. The zero-order chi connectivity index (χ0) is 24.4. The molecule has 1 amide bonds. The van der Waals surface area contributed by atoms with Crippen LogP contribution in [0.1, 0.15) is 58.9 Å². The van der Waals surface area contributed by atoms with Gasteiger partial charge in [0, 0.05) is 25.3 Å². The summed E-state index contributed by atoms with van der Waals surface area (Å²) in [6.07, 6.45) is 2.03. The van der Waals surface area contributed by atoms with E-state index >= 15 is 0 Å². The van der Waals surface area contributed by atoms with Crippen LogP contribution in [0.5, 0.6) is 0 Å². The number of anilines is 3. The van der Waals surface area contributed by atoms with Gasteiger partial charge in [-0.3, -0.25) is 4.79 Å². The van der Waals surface area contributed by atoms with E-state index in [2.05, 4.69) is 36.7 Å². The Bertz CT molecular complexity index is 1020. The maximum Gasteiger partial charge on any atom is 0.243 e. The lowest BCUT2D eigenvalue weighted by molar-refractivity contribution is -0.114. The molecule has 0 spiro atoms. The van der Waals surface area contributed by atoms with Crippen LogP contribution in [0.2, 0.25) is 0 Å². The minimum Gasteiger partial charge on any atom is -0.383 e. The Labute approximate surface area is 199 Å². The zero-order valence-corrected chi connectivity index (χ0v) is 21.3. The molecule has 2 aromatic rings. The van der Waals surface area contributed by atoms with Crippen LogP contribution in [0.15, 0.2) is 47.4 Å². The molecule has 0 aliphatic carbocycles. The van der Waals surface area contributed by atoms with Crippen molar-refractivity contribution < 1.29 is 13.2 Å². The lowest BCUT2D eigenvalue weighted by Gasteiger charge is -2.20. The number of carbonyl (C=O) groups excluding carboxylic acids is 1. The van der Waals surface area contributed by atoms with E-state index in [1.54, 1.807) is 18.2 Å². The van der Waals surface area contributed by atoms with E-state index < -0.39 is 10.0 Å². The second kappa shape index (κ2) is 12.6. The fourth-order valence-electron chi connectivity index (χ4n) is 3.58. The van der Waals surface area contributed by atoms with Crippen molar-refractivity contribution in [2.75, 3.05) is 42.1 Å². The number of rotatable bonds is 13. The van der Waals surface area contributed by atoms with Crippen molar-refractivity contribution in [1.82, 2.24) is 4.31 Å². The van der Waals surface area contributed by atoms with Crippen LogP contribution < -0.4 is 16.0 Å². The van der Waals surface area contributed by atoms with Gasteiger partial charge in [0.1, 0.15) is 0 Å². The third-order valence-corrected chi connectivity index (χ3v) is 7.52. The summed E-state index contributed by atoms with van der Waals surface area (Å²) < 4.78 is 27.4. The Kier molecular flexibility index (Phi) is 10.2. The average molecular weight is 475 g/mol. The Morgan fingerprint density at radius 2 is 1.64 bits per heavy atom. The fourth-order valence-corrected chi connectivity index (χ4v) is 5.07. The van der Waals surface area contributed by atoms with Gasteiger partial charge in [-0.25, -0.2) is 8.42 Å². The molecule has 0 aliphatic heterocycles. The Morgan fingerprint density at radius 1 is 0.939 bits per heavy atom. The largest absolute Gasteiger partial charge is 0.383 e. The number of nitrogens with zero attached hydrogens (tertiary/aromatic N) is 1. The number of benzene rings is 2. The third kappa shape index (κ3) is 7.20. The molecule has 0 unspecified atom stereocenters. The predicted octanol–water partition coefficient (Wildman–Crippen LogP) is 5.10. The van der Waals surface area contributed by atoms with Gasteiger partial charge < -0.3 is 16.0 Å². The van der Waals surface area contributed by atoms with E-state index in [1.165, 1.54) is 4.31 Å². The van der Waals surface area contributed by atoms with E-state index in [0.717, 1.165) is 36.3 Å². The molecule has 0 aromatic heterocycles. The molecule has 2 aromatic carbocycles. The first-order valence-electron chi connectivity index (χ1n) is 11.7. The topological polar surface area (TPSA) is 90.5 Å². The van der Waals surface area contributed by atoms with Gasteiger partial charge in [-0.15, -0.1) is 0 Å². The molecule has 0 radical (unpaired) electrons. The minimum atomic E-state index is -3.60. The zero-order valence-electron chi connectivity index (χ0n) is 20.4. The first kappa shape index (κ1) is 26.7. The summed E-state index contributed by atoms with van der Waals surface area (Å²) in [6, 6.07) is 12.7. The molecule has 8 heteroatoms. The summed E-state index contributed by atoms with van der Waals surface area (Å²) in [6.45, 7) is 11.5. The molecule has 7 nitrogen and oxygen atoms in total. The highest BCUT2D eigenvalue weighted by Gasteiger charge is 2.23. The molecular formula is C25H38N4O3S. The second-order valence-electron chi connectivity index (χ2n) is 8.22. The summed E-state index contributed by atoms with van der Waals surface area (Å²) in [4.78, 5) is 12.9. The number of para-hydroxylation sites is 1. The third-order valence-electron chi connectivity index (χ3n) is 5.48. The molecule has 33 heavy (non-hydrogen) atoms. The maximum atomic E-state index is 13.0. The number of hydrogen-bond acceptors (Lipinski definition) is 5. The highest BCUT2D eigenvalue weighted by Crippen LogP contribution is 2.28. The van der Waals surface area contributed by atoms with Gasteiger partial charge in [0.05, 0.1) is 22.8 Å². The van der Waals surface area contributed by atoms with Crippen molar-refractivity contribution in [3.63, 3.8) is 0 Å². The van der Waals surface area contributed by atoms with Gasteiger partial charge >= 0.3 is 0 Å². The highest BCUT2D eigenvalue weighted by molar-refractivity contribution is 7.89. The van der Waals surface area contributed by atoms with E-state index in [1.807, 2.05) is 38.1 Å². The molecule has 182 valence electrons. The van der Waals surface area contributed by atoms with Gasteiger partial charge in [0.15, 0.2) is 0 Å². The molecular weight excluding hydrogens is 436 g/mol. The van der Waals surface area contributed by atoms with Gasteiger partial charge in [-0.05, 0) is 42.2 Å². The Hall–Kier alpha value is -2.58. The van der Waals surface area contributed by atoms with E-state index in [-0.39, 0.29) is 23.3 Å². The van der Waals surface area contributed by atoms with E-state index in [0.29, 0.717) is 18.8 Å². The monoisotopic (exact) mass is 474 g/mol. The molecule has 0 bridgehead atoms. The molecule has 0 fully saturated rings. The Morgan fingerprint density at radius 3 is 2.27 bits per heavy atom. The number of sulfonamides is 1. The predicted molar refractivity (Wildman–Crippen MR) is 138 cm³/mol. The van der Waals surface area contributed by atoms with Gasteiger partial charge in [-0.1, -0.05) is 59.2 Å². The molecule has 3 N–H and O–H groups in total. The van der Waals surface area contributed by atoms with Crippen molar-refractivity contribution in [3.8, 4) is 0 Å². The van der Waals surface area contributed by atoms with Crippen LogP contribution in [0, 0.1) is 0 Å². The quantitative estimate of drug-likeness (QED) is 0.351. The van der Waals surface area contributed by atoms with Crippen LogP contribution in [-0.4, -0.2) is 44.8 Å². The second-order valence-corrected chi connectivity index (χ2v) is 10.2.